The summed E-state index contributed by atoms with van der Waals surface area (Å²) in [6, 6.07) is 13.4. The zero-order valence-corrected chi connectivity index (χ0v) is 21.3. The molecule has 4 rings (SSSR count). The first-order chi connectivity index (χ1) is 16.3. The Morgan fingerprint density at radius 2 is 1.94 bits per heavy atom. The summed E-state index contributed by atoms with van der Waals surface area (Å²) in [6.07, 6.45) is 2.49. The van der Waals surface area contributed by atoms with Crippen molar-refractivity contribution in [3.63, 3.8) is 0 Å². The van der Waals surface area contributed by atoms with E-state index in [4.69, 9.17) is 32.7 Å². The van der Waals surface area contributed by atoms with Gasteiger partial charge in [0.1, 0.15) is 16.8 Å². The molecule has 1 saturated carbocycles. The third kappa shape index (κ3) is 4.37. The van der Waals surface area contributed by atoms with Crippen molar-refractivity contribution in [1.29, 1.82) is 0 Å². The Hall–Kier alpha value is -1.99. The highest BCUT2D eigenvalue weighted by Gasteiger charge is 2.56. The van der Waals surface area contributed by atoms with Crippen molar-refractivity contribution in [2.24, 2.45) is 5.92 Å². The second kappa shape index (κ2) is 9.94. The predicted molar refractivity (Wildman–Crippen MR) is 135 cm³/mol. The van der Waals surface area contributed by atoms with E-state index < -0.39 is 5.54 Å². The van der Waals surface area contributed by atoms with Gasteiger partial charge in [-0.2, -0.15) is 0 Å². The molecular weight excluding hydrogens is 475 g/mol. The third-order valence-corrected chi connectivity index (χ3v) is 8.08. The number of halogens is 2. The van der Waals surface area contributed by atoms with Crippen LogP contribution in [0.25, 0.3) is 0 Å². The molecule has 1 aliphatic carbocycles. The Labute approximate surface area is 211 Å². The van der Waals surface area contributed by atoms with Crippen LogP contribution in [0.3, 0.4) is 0 Å². The van der Waals surface area contributed by atoms with Crippen LogP contribution in [0.2, 0.25) is 5.02 Å². The molecule has 1 spiro atoms. The number of aliphatic hydroxyl groups excluding tert-OH is 1. The number of hydrogen-bond acceptors (Lipinski definition) is 6. The number of rotatable bonds is 7. The molecule has 34 heavy (non-hydrogen) atoms. The lowest BCUT2D eigenvalue weighted by molar-refractivity contribution is -0.148. The zero-order valence-electron chi connectivity index (χ0n) is 19.8. The van der Waals surface area contributed by atoms with Gasteiger partial charge in [0.25, 0.3) is 0 Å². The fraction of sp³-hybridized carbons (Fsp3) is 0.500. The maximum Gasteiger partial charge on any atom is 0.331 e. The number of aliphatic hydroxyl groups is 1. The van der Waals surface area contributed by atoms with Gasteiger partial charge in [0, 0.05) is 29.4 Å². The summed E-state index contributed by atoms with van der Waals surface area (Å²) in [7, 11) is 3.08. The molecule has 2 N–H and O–H groups in total. The Kier molecular flexibility index (Phi) is 7.34. The summed E-state index contributed by atoms with van der Waals surface area (Å²) in [5, 5.41) is 13.8. The molecule has 0 aromatic heterocycles. The van der Waals surface area contributed by atoms with E-state index in [0.29, 0.717) is 37.3 Å². The van der Waals surface area contributed by atoms with Crippen molar-refractivity contribution in [2.75, 3.05) is 32.7 Å². The van der Waals surface area contributed by atoms with Crippen LogP contribution in [0.4, 0.5) is 5.69 Å². The molecule has 2 aromatic rings. The van der Waals surface area contributed by atoms with Gasteiger partial charge in [-0.05, 0) is 73.1 Å². The third-order valence-electron chi connectivity index (χ3n) is 7.38. The summed E-state index contributed by atoms with van der Waals surface area (Å²) in [6.45, 7) is 2.75. The van der Waals surface area contributed by atoms with Crippen molar-refractivity contribution in [1.82, 2.24) is 4.90 Å². The molecule has 1 unspecified atom stereocenters. The molecule has 184 valence electrons. The van der Waals surface area contributed by atoms with Crippen LogP contribution < -0.4 is 10.1 Å². The molecular formula is C26H32Cl2N2O4. The second-order valence-corrected chi connectivity index (χ2v) is 10.3. The molecule has 0 radical (unpaired) electrons. The van der Waals surface area contributed by atoms with E-state index in [1.165, 1.54) is 7.11 Å². The van der Waals surface area contributed by atoms with Gasteiger partial charge in [0.15, 0.2) is 0 Å². The largest absolute Gasteiger partial charge is 0.497 e. The van der Waals surface area contributed by atoms with Crippen LogP contribution in [0.5, 0.6) is 5.75 Å². The summed E-state index contributed by atoms with van der Waals surface area (Å²) >= 11 is 13.2. The van der Waals surface area contributed by atoms with E-state index >= 15 is 0 Å². The van der Waals surface area contributed by atoms with E-state index in [1.807, 2.05) is 37.3 Å². The Morgan fingerprint density at radius 1 is 1.21 bits per heavy atom. The van der Waals surface area contributed by atoms with Gasteiger partial charge in [-0.15, -0.1) is 11.6 Å². The van der Waals surface area contributed by atoms with Crippen molar-refractivity contribution in [3.05, 3.63) is 58.6 Å². The molecule has 0 amide bonds. The van der Waals surface area contributed by atoms with Gasteiger partial charge in [-0.25, -0.2) is 4.79 Å². The molecule has 0 saturated heterocycles. The van der Waals surface area contributed by atoms with Gasteiger partial charge in [0.2, 0.25) is 0 Å². The molecule has 1 aliphatic heterocycles. The van der Waals surface area contributed by atoms with E-state index in [9.17, 15) is 9.90 Å². The number of benzene rings is 2. The molecule has 6 nitrogen and oxygen atoms in total. The van der Waals surface area contributed by atoms with Crippen LogP contribution >= 0.6 is 23.2 Å². The number of alkyl halides is 1. The first-order valence-electron chi connectivity index (χ1n) is 11.6. The minimum absolute atomic E-state index is 0.0613. The smallest absolute Gasteiger partial charge is 0.331 e. The number of esters is 1. The lowest BCUT2D eigenvalue weighted by atomic mass is 9.69. The molecule has 2 atom stereocenters. The summed E-state index contributed by atoms with van der Waals surface area (Å²) in [5.74, 6) is 0.552. The number of carbonyl (C=O) groups is 1. The molecule has 0 bridgehead atoms. The molecule has 2 aromatic carbocycles. The minimum atomic E-state index is -0.873. The summed E-state index contributed by atoms with van der Waals surface area (Å²) in [5.41, 5.74) is 1.42. The molecule has 1 fully saturated rings. The van der Waals surface area contributed by atoms with E-state index in [0.717, 1.165) is 22.6 Å². The van der Waals surface area contributed by atoms with Crippen molar-refractivity contribution in [3.8, 4) is 5.75 Å². The topological polar surface area (TPSA) is 71.0 Å². The Bertz CT molecular complexity index is 1040. The van der Waals surface area contributed by atoms with Gasteiger partial charge < -0.3 is 19.9 Å². The number of methoxy groups -OCH3 is 2. The summed E-state index contributed by atoms with van der Waals surface area (Å²) in [4.78, 5) is 15.4. The monoisotopic (exact) mass is 506 g/mol. The fourth-order valence-corrected chi connectivity index (χ4v) is 6.19. The van der Waals surface area contributed by atoms with Gasteiger partial charge in [-0.3, -0.25) is 4.90 Å². The van der Waals surface area contributed by atoms with Crippen LogP contribution in [0, 0.1) is 5.92 Å². The van der Waals surface area contributed by atoms with E-state index in [-0.39, 0.29) is 29.5 Å². The van der Waals surface area contributed by atoms with E-state index in [2.05, 4.69) is 16.3 Å². The van der Waals surface area contributed by atoms with E-state index in [1.54, 1.807) is 13.2 Å². The summed E-state index contributed by atoms with van der Waals surface area (Å²) < 4.78 is 10.8. The molecule has 8 heteroatoms. The Balaban J connectivity index is 1.71. The number of hydrogen-bond donors (Lipinski definition) is 2. The predicted octanol–water partition coefficient (Wildman–Crippen LogP) is 5.32. The number of fused-ring (bicyclic) bond motifs is 2. The lowest BCUT2D eigenvalue weighted by Gasteiger charge is -2.49. The maximum atomic E-state index is 13.1. The van der Waals surface area contributed by atoms with Crippen LogP contribution in [0.15, 0.2) is 42.5 Å². The lowest BCUT2D eigenvalue weighted by Crippen LogP contribution is -2.56. The normalized spacial score (nSPS) is 27.3. The maximum absolute atomic E-state index is 13.1. The molecule has 1 heterocycles. The number of nitrogens with zero attached hydrogens (tertiary/aromatic N) is 1. The van der Waals surface area contributed by atoms with Crippen molar-refractivity contribution >= 4 is 34.9 Å². The van der Waals surface area contributed by atoms with Gasteiger partial charge in [-0.1, -0.05) is 30.7 Å². The van der Waals surface area contributed by atoms with Crippen LogP contribution in [0.1, 0.15) is 49.2 Å². The van der Waals surface area contributed by atoms with Gasteiger partial charge >= 0.3 is 5.97 Å². The number of anilines is 1. The zero-order chi connectivity index (χ0) is 24.5. The first-order valence-corrected chi connectivity index (χ1v) is 12.4. The minimum Gasteiger partial charge on any atom is -0.497 e. The number of carbonyl (C=O) groups excluding carboxylic acids is 1. The first kappa shape index (κ1) is 25.1. The highest BCUT2D eigenvalue weighted by molar-refractivity contribution is 6.30. The Morgan fingerprint density at radius 3 is 2.56 bits per heavy atom. The SMILES string of the molecule is COC(=O)C1(Nc2cccc(Cl)c2)CCC2(CC1)c1cc(OC)ccc1C(Cl)N2C[C@@H](C)CO. The highest BCUT2D eigenvalue weighted by Crippen LogP contribution is 2.57. The number of ether oxygens (including phenoxy) is 2. The molecule has 2 aliphatic rings. The second-order valence-electron chi connectivity index (χ2n) is 9.47. The number of nitrogens with one attached hydrogen (secondary N) is 1. The average Bonchev–Trinajstić information content (AvgIpc) is 3.07. The standard InChI is InChI=1S/C26H32Cl2N2O4/c1-17(16-31)15-30-23(28)21-8-7-20(33-2)14-22(21)26(30)11-9-25(10-12-26,24(32)34-3)29-19-6-4-5-18(27)13-19/h4-8,13-14,17,23,29,31H,9-12,15-16H2,1-3H3/t17-,23?,25?,26?/m1/s1. The van der Waals surface area contributed by atoms with Gasteiger partial charge in [0.05, 0.1) is 14.2 Å². The fourth-order valence-electron chi connectivity index (χ4n) is 5.54. The quantitative estimate of drug-likeness (QED) is 0.300. The van der Waals surface area contributed by atoms with Crippen LogP contribution in [-0.2, 0) is 15.1 Å². The average molecular weight is 507 g/mol. The highest BCUT2D eigenvalue weighted by atomic mass is 35.5. The van der Waals surface area contributed by atoms with Crippen LogP contribution in [-0.4, -0.2) is 48.9 Å². The van der Waals surface area contributed by atoms with Crippen molar-refractivity contribution in [2.45, 2.75) is 49.2 Å². The van der Waals surface area contributed by atoms with Crippen molar-refractivity contribution < 1.29 is 19.4 Å².